The van der Waals surface area contributed by atoms with Crippen molar-refractivity contribution >= 4 is 49.5 Å². The van der Waals surface area contributed by atoms with Crippen LogP contribution in [0.2, 0.25) is 0 Å². The van der Waals surface area contributed by atoms with Gasteiger partial charge in [-0.1, -0.05) is 71.7 Å². The monoisotopic (exact) mass is 758 g/mol. The smallest absolute Gasteiger partial charge is 0.500 e. The van der Waals surface area contributed by atoms with Crippen molar-refractivity contribution in [3.05, 3.63) is 164 Å². The standard InChI is InChI=1S/C28H19N3.C12H10N.Ir/c1-19-9-11-20(12-10-19)29-15-16-30(18-29)21-13-14-27-25(17-21)24-7-4-6-23-22-5-2-3-8-26(22)31(27)28(23)24;1-10-7-8-12(13-9-10)11-5-3-2-4-6-11;/h2-12,14-18H,1H3;2-5,7-9H,1H3;/q-2;-1;+3. The maximum absolute atomic E-state index is 4.32. The second-order valence-corrected chi connectivity index (χ2v) is 11.2. The molecule has 8 aromatic rings. The van der Waals surface area contributed by atoms with Crippen LogP contribution in [0.1, 0.15) is 11.1 Å². The van der Waals surface area contributed by atoms with Crippen molar-refractivity contribution in [2.45, 2.75) is 13.8 Å². The molecule has 0 N–H and O–H groups in total. The van der Waals surface area contributed by atoms with E-state index in [1.54, 1.807) is 0 Å². The summed E-state index contributed by atoms with van der Waals surface area (Å²) in [5.41, 5.74) is 10.4. The second kappa shape index (κ2) is 11.9. The van der Waals surface area contributed by atoms with Crippen molar-refractivity contribution < 1.29 is 20.1 Å². The van der Waals surface area contributed by atoms with Gasteiger partial charge in [-0.25, -0.2) is 0 Å². The summed E-state index contributed by atoms with van der Waals surface area (Å²) in [6.07, 6.45) is 6.04. The molecular formula is C40H29IrN4. The summed E-state index contributed by atoms with van der Waals surface area (Å²) in [5.74, 6) is 0. The molecule has 0 radical (unpaired) electrons. The summed E-state index contributed by atoms with van der Waals surface area (Å²) in [6.45, 7) is 6.25. The number of hydrogen-bond donors (Lipinski definition) is 0. The van der Waals surface area contributed by atoms with E-state index in [0.29, 0.717) is 0 Å². The molecule has 0 bridgehead atoms. The molecule has 0 saturated carbocycles. The minimum Gasteiger partial charge on any atom is -0.500 e. The van der Waals surface area contributed by atoms with Gasteiger partial charge in [0.05, 0.1) is 0 Å². The predicted octanol–water partition coefficient (Wildman–Crippen LogP) is 9.72. The Bertz CT molecular complexity index is 2270. The molecule has 0 atom stereocenters. The Morgan fingerprint density at radius 1 is 0.644 bits per heavy atom. The molecule has 0 spiro atoms. The Hall–Kier alpha value is -4.96. The molecule has 1 aliphatic rings. The first-order valence-electron chi connectivity index (χ1n) is 14.8. The third kappa shape index (κ3) is 5.14. The Kier molecular flexibility index (Phi) is 7.58. The third-order valence-corrected chi connectivity index (χ3v) is 8.28. The number of fused-ring (bicyclic) bond motifs is 6. The number of para-hydroxylation sites is 2. The fraction of sp³-hybridized carbons (Fsp3) is 0.0500. The molecule has 45 heavy (non-hydrogen) atoms. The average Bonchev–Trinajstić information content (AvgIpc) is 3.78. The summed E-state index contributed by atoms with van der Waals surface area (Å²) in [4.78, 5) is 8.59. The molecule has 0 amide bonds. The van der Waals surface area contributed by atoms with E-state index in [0.717, 1.165) is 22.6 Å². The Morgan fingerprint density at radius 3 is 2.16 bits per heavy atom. The topological polar surface area (TPSA) is 23.8 Å². The molecule has 218 valence electrons. The molecule has 1 aliphatic heterocycles. The summed E-state index contributed by atoms with van der Waals surface area (Å²) in [6, 6.07) is 46.8. The van der Waals surface area contributed by atoms with Crippen LogP contribution in [-0.4, -0.2) is 9.38 Å². The Balaban J connectivity index is 0.000000196. The molecule has 4 nitrogen and oxygen atoms in total. The van der Waals surface area contributed by atoms with Crippen LogP contribution >= 0.6 is 0 Å². The van der Waals surface area contributed by atoms with E-state index in [1.807, 2.05) is 43.5 Å². The van der Waals surface area contributed by atoms with Crippen LogP contribution < -0.4 is 9.80 Å². The minimum atomic E-state index is 0. The van der Waals surface area contributed by atoms with Crippen LogP contribution in [0, 0.1) is 32.6 Å². The van der Waals surface area contributed by atoms with Gasteiger partial charge >= 0.3 is 20.1 Å². The number of rotatable bonds is 3. The van der Waals surface area contributed by atoms with Crippen LogP contribution in [-0.2, 0) is 20.1 Å². The summed E-state index contributed by atoms with van der Waals surface area (Å²) < 4.78 is 2.39. The summed E-state index contributed by atoms with van der Waals surface area (Å²) >= 11 is 0. The van der Waals surface area contributed by atoms with Crippen LogP contribution in [0.4, 0.5) is 11.4 Å². The molecular weight excluding hydrogens is 729 g/mol. The average molecular weight is 758 g/mol. The van der Waals surface area contributed by atoms with E-state index in [1.165, 1.54) is 49.2 Å². The van der Waals surface area contributed by atoms with Gasteiger partial charge in [-0.3, -0.25) is 0 Å². The van der Waals surface area contributed by atoms with Gasteiger partial charge in [-0.05, 0) is 61.1 Å². The van der Waals surface area contributed by atoms with Crippen molar-refractivity contribution in [1.82, 2.24) is 9.38 Å². The van der Waals surface area contributed by atoms with Gasteiger partial charge in [-0.15, -0.1) is 59.7 Å². The molecule has 0 fully saturated rings. The zero-order chi connectivity index (χ0) is 29.6. The van der Waals surface area contributed by atoms with E-state index >= 15 is 0 Å². The van der Waals surface area contributed by atoms with Gasteiger partial charge in [0.15, 0.2) is 0 Å². The van der Waals surface area contributed by atoms with Crippen molar-refractivity contribution in [3.8, 4) is 11.3 Å². The molecule has 5 aromatic carbocycles. The first-order chi connectivity index (χ1) is 21.6. The zero-order valence-electron chi connectivity index (χ0n) is 24.9. The van der Waals surface area contributed by atoms with Gasteiger partial charge in [0.25, 0.3) is 0 Å². The summed E-state index contributed by atoms with van der Waals surface area (Å²) in [5, 5.41) is 5.16. The van der Waals surface area contributed by atoms with E-state index in [2.05, 4.69) is 142 Å². The van der Waals surface area contributed by atoms with Gasteiger partial charge in [0, 0.05) is 33.7 Å². The van der Waals surface area contributed by atoms with E-state index < -0.39 is 0 Å². The first-order valence-corrected chi connectivity index (χ1v) is 14.8. The van der Waals surface area contributed by atoms with Crippen molar-refractivity contribution in [1.29, 1.82) is 0 Å². The predicted molar refractivity (Wildman–Crippen MR) is 183 cm³/mol. The molecule has 0 unspecified atom stereocenters. The maximum atomic E-state index is 4.32. The SMILES string of the molecule is Cc1ccc(-c2[c-]cccc2)nc1.Cc1ccc(N2C=CN(c3[c-]cc4c(c3)c3cccc5c6ccccc6n4c35)[CH-]2)cc1.[Ir+3]. The molecule has 4 heterocycles. The molecule has 5 heteroatoms. The number of benzene rings is 5. The van der Waals surface area contributed by atoms with Gasteiger partial charge in [0.1, 0.15) is 0 Å². The number of anilines is 2. The quantitative estimate of drug-likeness (QED) is 0.168. The number of nitrogens with zero attached hydrogens (tertiary/aromatic N) is 4. The Labute approximate surface area is 276 Å². The van der Waals surface area contributed by atoms with Gasteiger partial charge < -0.3 is 19.2 Å². The van der Waals surface area contributed by atoms with E-state index in [4.69, 9.17) is 0 Å². The van der Waals surface area contributed by atoms with Gasteiger partial charge in [0.2, 0.25) is 0 Å². The van der Waals surface area contributed by atoms with Crippen molar-refractivity contribution in [2.24, 2.45) is 0 Å². The van der Waals surface area contributed by atoms with Crippen molar-refractivity contribution in [2.75, 3.05) is 9.80 Å². The van der Waals surface area contributed by atoms with E-state index in [9.17, 15) is 0 Å². The zero-order valence-corrected chi connectivity index (χ0v) is 27.3. The second-order valence-electron chi connectivity index (χ2n) is 11.2. The van der Waals surface area contributed by atoms with Gasteiger partial charge in [-0.2, -0.15) is 12.1 Å². The third-order valence-electron chi connectivity index (χ3n) is 8.28. The molecule has 0 saturated heterocycles. The van der Waals surface area contributed by atoms with E-state index in [-0.39, 0.29) is 20.1 Å². The maximum Gasteiger partial charge on any atom is 3.00 e. The fourth-order valence-corrected chi connectivity index (χ4v) is 6.05. The number of hydrogen-bond acceptors (Lipinski definition) is 3. The minimum absolute atomic E-state index is 0. The largest absolute Gasteiger partial charge is 3.00 e. The summed E-state index contributed by atoms with van der Waals surface area (Å²) in [7, 11) is 0. The molecule has 0 aliphatic carbocycles. The Morgan fingerprint density at radius 2 is 1.38 bits per heavy atom. The normalized spacial score (nSPS) is 12.7. The van der Waals surface area contributed by atoms with Crippen LogP contribution in [0.3, 0.4) is 0 Å². The molecule has 9 rings (SSSR count). The van der Waals surface area contributed by atoms with Crippen LogP contribution in [0.5, 0.6) is 0 Å². The van der Waals surface area contributed by atoms with Crippen LogP contribution in [0.25, 0.3) is 49.4 Å². The number of aromatic nitrogens is 2. The van der Waals surface area contributed by atoms with Crippen molar-refractivity contribution in [3.63, 3.8) is 0 Å². The first kappa shape index (κ1) is 28.8. The fourth-order valence-electron chi connectivity index (χ4n) is 6.05. The number of pyridine rings is 1. The number of aryl methyl sites for hydroxylation is 2. The molecule has 3 aromatic heterocycles. The van der Waals surface area contributed by atoms with Crippen LogP contribution in [0.15, 0.2) is 134 Å².